The highest BCUT2D eigenvalue weighted by atomic mass is 16.5. The van der Waals surface area contributed by atoms with Gasteiger partial charge in [-0.25, -0.2) is 4.79 Å². The van der Waals surface area contributed by atoms with Crippen LogP contribution in [0.2, 0.25) is 0 Å². The smallest absolute Gasteiger partial charge is 0.368 e. The highest BCUT2D eigenvalue weighted by molar-refractivity contribution is 5.45. The molecule has 0 fully saturated rings. The van der Waals surface area contributed by atoms with Crippen LogP contribution in [-0.4, -0.2) is 19.8 Å². The van der Waals surface area contributed by atoms with E-state index in [0.29, 0.717) is 12.3 Å². The van der Waals surface area contributed by atoms with Gasteiger partial charge in [0.2, 0.25) is 0 Å². The first kappa shape index (κ1) is 16.0. The first-order valence-corrected chi connectivity index (χ1v) is 7.90. The number of aromatic nitrogens is 4. The molecule has 0 spiro atoms. The molecule has 0 aliphatic rings. The monoisotopic (exact) mass is 324 g/mol. The average Bonchev–Trinajstić information content (AvgIpc) is 2.93. The second kappa shape index (κ2) is 6.70. The maximum absolute atomic E-state index is 12.2. The molecule has 124 valence electrons. The highest BCUT2D eigenvalue weighted by Crippen LogP contribution is 2.23. The van der Waals surface area contributed by atoms with Gasteiger partial charge < -0.3 is 4.74 Å². The van der Waals surface area contributed by atoms with E-state index in [1.54, 1.807) is 7.05 Å². The van der Waals surface area contributed by atoms with Crippen molar-refractivity contribution in [3.05, 3.63) is 69.6 Å². The second-order valence-electron chi connectivity index (χ2n) is 5.62. The van der Waals surface area contributed by atoms with Crippen LogP contribution in [0.25, 0.3) is 5.69 Å². The number of ether oxygens (including phenoxy) is 1. The molecule has 0 saturated heterocycles. The summed E-state index contributed by atoms with van der Waals surface area (Å²) in [5.74, 6) is 0.834. The van der Waals surface area contributed by atoms with Crippen LogP contribution in [-0.2, 0) is 20.1 Å². The van der Waals surface area contributed by atoms with Gasteiger partial charge in [-0.3, -0.25) is 0 Å². The Morgan fingerprint density at radius 1 is 1.08 bits per heavy atom. The summed E-state index contributed by atoms with van der Waals surface area (Å²) in [6.45, 7) is 4.46. The van der Waals surface area contributed by atoms with Gasteiger partial charge in [0.25, 0.3) is 0 Å². The number of nitrogens with zero attached hydrogens (tertiary/aromatic N) is 4. The van der Waals surface area contributed by atoms with Crippen molar-refractivity contribution in [1.29, 1.82) is 0 Å². The van der Waals surface area contributed by atoms with Crippen molar-refractivity contribution in [3.63, 3.8) is 0 Å². The summed E-state index contributed by atoms with van der Waals surface area (Å²) < 4.78 is 8.53. The van der Waals surface area contributed by atoms with Crippen LogP contribution < -0.4 is 10.4 Å². The normalized spacial score (nSPS) is 10.8. The van der Waals surface area contributed by atoms with E-state index in [0.717, 1.165) is 28.9 Å². The van der Waals surface area contributed by atoms with Crippen LogP contribution in [0.1, 0.15) is 23.6 Å². The predicted molar refractivity (Wildman–Crippen MR) is 91.5 cm³/mol. The molecule has 1 heterocycles. The van der Waals surface area contributed by atoms with Crippen LogP contribution in [0.3, 0.4) is 0 Å². The van der Waals surface area contributed by atoms with Gasteiger partial charge in [0.15, 0.2) is 0 Å². The van der Waals surface area contributed by atoms with Crippen LogP contribution in [0.4, 0.5) is 0 Å². The van der Waals surface area contributed by atoms with E-state index in [9.17, 15) is 4.79 Å². The maximum Gasteiger partial charge on any atom is 0.368 e. The molecule has 0 aliphatic carbocycles. The van der Waals surface area contributed by atoms with E-state index in [1.165, 1.54) is 9.36 Å². The van der Waals surface area contributed by atoms with Gasteiger partial charge in [0.1, 0.15) is 12.4 Å². The molecule has 0 unspecified atom stereocenters. The second-order valence-corrected chi connectivity index (χ2v) is 5.62. The molecule has 0 saturated carbocycles. The molecule has 0 radical (unpaired) electrons. The lowest BCUT2D eigenvalue weighted by Crippen LogP contribution is -2.23. The Morgan fingerprint density at radius 3 is 2.54 bits per heavy atom. The lowest BCUT2D eigenvalue weighted by molar-refractivity contribution is 0.302. The van der Waals surface area contributed by atoms with Gasteiger partial charge in [-0.2, -0.15) is 9.36 Å². The van der Waals surface area contributed by atoms with Gasteiger partial charge in [-0.1, -0.05) is 37.3 Å². The summed E-state index contributed by atoms with van der Waals surface area (Å²) in [6.07, 6.45) is 0.843. The predicted octanol–water partition coefficient (Wildman–Crippen LogP) is 2.42. The molecular formula is C18H20N4O2. The average molecular weight is 324 g/mol. The number of para-hydroxylation sites is 1. The van der Waals surface area contributed by atoms with Gasteiger partial charge in [0.05, 0.1) is 5.69 Å². The number of benzene rings is 2. The summed E-state index contributed by atoms with van der Waals surface area (Å²) in [7, 11) is 1.58. The number of rotatable bonds is 5. The van der Waals surface area contributed by atoms with E-state index in [2.05, 4.69) is 17.4 Å². The Labute approximate surface area is 140 Å². The number of tetrazole rings is 1. The van der Waals surface area contributed by atoms with Crippen LogP contribution in [0.15, 0.2) is 47.3 Å². The molecule has 1 aromatic heterocycles. The van der Waals surface area contributed by atoms with Crippen molar-refractivity contribution in [2.75, 3.05) is 0 Å². The van der Waals surface area contributed by atoms with Crippen molar-refractivity contribution in [3.8, 4) is 11.4 Å². The summed E-state index contributed by atoms with van der Waals surface area (Å²) in [6, 6.07) is 13.7. The van der Waals surface area contributed by atoms with E-state index in [-0.39, 0.29) is 5.69 Å². The quantitative estimate of drug-likeness (QED) is 0.723. The lowest BCUT2D eigenvalue weighted by atomic mass is 10.0. The molecule has 0 bridgehead atoms. The van der Waals surface area contributed by atoms with Gasteiger partial charge in [-0.05, 0) is 47.0 Å². The SMILES string of the molecule is CCc1cccc(-n2nnn(C)c2=O)c1COc1ccccc1C. The van der Waals surface area contributed by atoms with Crippen LogP contribution in [0.5, 0.6) is 5.75 Å². The van der Waals surface area contributed by atoms with Crippen LogP contribution in [0, 0.1) is 6.92 Å². The third-order valence-corrected chi connectivity index (χ3v) is 4.04. The third-order valence-electron chi connectivity index (χ3n) is 4.04. The first-order chi connectivity index (χ1) is 11.6. The van der Waals surface area contributed by atoms with Crippen LogP contribution >= 0.6 is 0 Å². The Morgan fingerprint density at radius 2 is 1.88 bits per heavy atom. The minimum Gasteiger partial charge on any atom is -0.489 e. The summed E-state index contributed by atoms with van der Waals surface area (Å²) in [5.41, 5.74) is 3.58. The number of aryl methyl sites for hydroxylation is 3. The molecule has 2 aromatic carbocycles. The lowest BCUT2D eigenvalue weighted by Gasteiger charge is -2.15. The number of hydrogen-bond donors (Lipinski definition) is 0. The molecule has 0 aliphatic heterocycles. The number of hydrogen-bond acceptors (Lipinski definition) is 4. The van der Waals surface area contributed by atoms with Crippen molar-refractivity contribution in [2.24, 2.45) is 7.05 Å². The Hall–Kier alpha value is -2.89. The molecule has 6 heteroatoms. The molecule has 6 nitrogen and oxygen atoms in total. The zero-order valence-corrected chi connectivity index (χ0v) is 14.1. The van der Waals surface area contributed by atoms with Gasteiger partial charge >= 0.3 is 5.69 Å². The molecule has 3 rings (SSSR count). The molecule has 0 amide bonds. The minimum atomic E-state index is -0.277. The molecule has 0 atom stereocenters. The zero-order valence-electron chi connectivity index (χ0n) is 14.1. The van der Waals surface area contributed by atoms with Crippen molar-refractivity contribution in [1.82, 2.24) is 19.8 Å². The fourth-order valence-electron chi connectivity index (χ4n) is 2.65. The van der Waals surface area contributed by atoms with Crippen molar-refractivity contribution >= 4 is 0 Å². The zero-order chi connectivity index (χ0) is 17.1. The fourth-order valence-corrected chi connectivity index (χ4v) is 2.65. The third kappa shape index (κ3) is 2.95. The minimum absolute atomic E-state index is 0.277. The van der Waals surface area contributed by atoms with Crippen molar-refractivity contribution in [2.45, 2.75) is 26.9 Å². The molecule has 0 N–H and O–H groups in total. The summed E-state index contributed by atoms with van der Waals surface area (Å²) in [4.78, 5) is 12.2. The Bertz CT molecular complexity index is 911. The largest absolute Gasteiger partial charge is 0.489 e. The summed E-state index contributed by atoms with van der Waals surface area (Å²) in [5, 5.41) is 7.75. The van der Waals surface area contributed by atoms with E-state index < -0.39 is 0 Å². The molecule has 24 heavy (non-hydrogen) atoms. The van der Waals surface area contributed by atoms with Gasteiger partial charge in [0, 0.05) is 12.6 Å². The van der Waals surface area contributed by atoms with Gasteiger partial charge in [-0.15, -0.1) is 0 Å². The maximum atomic E-state index is 12.2. The van der Waals surface area contributed by atoms with E-state index in [4.69, 9.17) is 4.74 Å². The van der Waals surface area contributed by atoms with Crippen molar-refractivity contribution < 1.29 is 4.74 Å². The highest BCUT2D eigenvalue weighted by Gasteiger charge is 2.14. The Kier molecular flexibility index (Phi) is 4.46. The first-order valence-electron chi connectivity index (χ1n) is 7.90. The Balaban J connectivity index is 2.01. The van der Waals surface area contributed by atoms with E-state index in [1.807, 2.05) is 49.4 Å². The summed E-state index contributed by atoms with van der Waals surface area (Å²) >= 11 is 0. The fraction of sp³-hybridized carbons (Fsp3) is 0.278. The standard InChI is InChI=1S/C18H20N4O2/c1-4-14-9-7-10-16(22-18(23)21(3)19-20-22)15(14)12-24-17-11-6-5-8-13(17)2/h5-11H,4,12H2,1-3H3. The molecular weight excluding hydrogens is 304 g/mol. The van der Waals surface area contributed by atoms with E-state index >= 15 is 0 Å². The topological polar surface area (TPSA) is 61.9 Å². The molecule has 3 aromatic rings.